The smallest absolute Gasteiger partial charge is 0.384 e. The SMILES string of the molecule is O=C(O)CN(C(=O)C(F)(F)C(F)F)c1ccccc1. The van der Waals surface area contributed by atoms with Crippen LogP contribution in [0, 0.1) is 0 Å². The van der Waals surface area contributed by atoms with E-state index in [1.54, 1.807) is 0 Å². The van der Waals surface area contributed by atoms with Crippen molar-refractivity contribution in [2.24, 2.45) is 0 Å². The van der Waals surface area contributed by atoms with Gasteiger partial charge < -0.3 is 5.11 Å². The number of para-hydroxylation sites is 1. The molecule has 0 atom stereocenters. The topological polar surface area (TPSA) is 57.6 Å². The van der Waals surface area contributed by atoms with Crippen molar-refractivity contribution in [1.29, 1.82) is 0 Å². The summed E-state index contributed by atoms with van der Waals surface area (Å²) in [5.74, 6) is -8.79. The molecule has 0 aliphatic rings. The third kappa shape index (κ3) is 3.43. The Morgan fingerprint density at radius 3 is 2.16 bits per heavy atom. The van der Waals surface area contributed by atoms with Crippen LogP contribution in [0.4, 0.5) is 23.2 Å². The van der Waals surface area contributed by atoms with Gasteiger partial charge in [-0.3, -0.25) is 14.5 Å². The molecule has 104 valence electrons. The monoisotopic (exact) mass is 279 g/mol. The van der Waals surface area contributed by atoms with Crippen LogP contribution in [0.1, 0.15) is 0 Å². The summed E-state index contributed by atoms with van der Waals surface area (Å²) in [6.45, 7) is -1.13. The summed E-state index contributed by atoms with van der Waals surface area (Å²) >= 11 is 0. The highest BCUT2D eigenvalue weighted by atomic mass is 19.3. The largest absolute Gasteiger partial charge is 0.480 e. The predicted molar refractivity (Wildman–Crippen MR) is 57.4 cm³/mol. The molecule has 0 unspecified atom stereocenters. The molecule has 0 aliphatic heterocycles. The molecular weight excluding hydrogens is 270 g/mol. The fourth-order valence-electron chi connectivity index (χ4n) is 1.30. The van der Waals surface area contributed by atoms with Crippen LogP contribution in [0.3, 0.4) is 0 Å². The van der Waals surface area contributed by atoms with E-state index in [0.29, 0.717) is 0 Å². The lowest BCUT2D eigenvalue weighted by atomic mass is 10.2. The van der Waals surface area contributed by atoms with Crippen LogP contribution >= 0.6 is 0 Å². The van der Waals surface area contributed by atoms with Crippen molar-refractivity contribution in [1.82, 2.24) is 0 Å². The maximum absolute atomic E-state index is 13.0. The van der Waals surface area contributed by atoms with Gasteiger partial charge in [0.15, 0.2) is 0 Å². The Bertz CT molecular complexity index is 464. The van der Waals surface area contributed by atoms with E-state index in [0.717, 1.165) is 0 Å². The summed E-state index contributed by atoms with van der Waals surface area (Å²) in [5, 5.41) is 8.57. The highest BCUT2D eigenvalue weighted by molar-refractivity contribution is 6.01. The van der Waals surface area contributed by atoms with E-state index < -0.39 is 30.8 Å². The minimum atomic E-state index is -4.94. The van der Waals surface area contributed by atoms with Crippen LogP contribution in [-0.2, 0) is 9.59 Å². The molecule has 1 aromatic rings. The molecule has 0 spiro atoms. The van der Waals surface area contributed by atoms with Gasteiger partial charge in [0.05, 0.1) is 0 Å². The molecular formula is C11H9F4NO3. The van der Waals surface area contributed by atoms with E-state index in [9.17, 15) is 27.2 Å². The fourth-order valence-corrected chi connectivity index (χ4v) is 1.30. The number of anilines is 1. The van der Waals surface area contributed by atoms with Crippen molar-refractivity contribution in [3.63, 3.8) is 0 Å². The number of hydrogen-bond acceptors (Lipinski definition) is 2. The summed E-state index contributed by atoms with van der Waals surface area (Å²) in [5.41, 5.74) is -0.199. The molecule has 0 saturated carbocycles. The molecule has 1 amide bonds. The quantitative estimate of drug-likeness (QED) is 0.839. The molecule has 0 heterocycles. The zero-order valence-electron chi connectivity index (χ0n) is 9.39. The lowest BCUT2D eigenvalue weighted by Crippen LogP contribution is -2.49. The van der Waals surface area contributed by atoms with Crippen LogP contribution in [-0.4, -0.2) is 35.9 Å². The van der Waals surface area contributed by atoms with Gasteiger partial charge in [0, 0.05) is 5.69 Å². The number of alkyl halides is 4. The Kier molecular flexibility index (Phi) is 4.47. The molecule has 0 aromatic heterocycles. The summed E-state index contributed by atoms with van der Waals surface area (Å²) in [6, 6.07) is 6.55. The lowest BCUT2D eigenvalue weighted by molar-refractivity contribution is -0.167. The zero-order valence-corrected chi connectivity index (χ0v) is 9.39. The first kappa shape index (κ1) is 14.9. The lowest BCUT2D eigenvalue weighted by Gasteiger charge is -2.25. The Morgan fingerprint density at radius 1 is 1.21 bits per heavy atom. The molecule has 0 aliphatic carbocycles. The number of benzene rings is 1. The average molecular weight is 279 g/mol. The first-order valence-electron chi connectivity index (χ1n) is 5.01. The van der Waals surface area contributed by atoms with Gasteiger partial charge in [0.25, 0.3) is 0 Å². The molecule has 0 saturated heterocycles. The minimum Gasteiger partial charge on any atom is -0.480 e. The van der Waals surface area contributed by atoms with E-state index in [4.69, 9.17) is 5.11 Å². The van der Waals surface area contributed by atoms with E-state index in [1.165, 1.54) is 30.3 Å². The van der Waals surface area contributed by atoms with Gasteiger partial charge >= 0.3 is 24.2 Å². The maximum Gasteiger partial charge on any atom is 0.384 e. The van der Waals surface area contributed by atoms with Crippen molar-refractivity contribution < 1.29 is 32.3 Å². The van der Waals surface area contributed by atoms with Gasteiger partial charge in [-0.2, -0.15) is 8.78 Å². The highest BCUT2D eigenvalue weighted by Gasteiger charge is 2.51. The number of halogens is 4. The van der Waals surface area contributed by atoms with Crippen molar-refractivity contribution >= 4 is 17.6 Å². The third-order valence-corrected chi connectivity index (χ3v) is 2.17. The van der Waals surface area contributed by atoms with Gasteiger partial charge in [-0.1, -0.05) is 18.2 Å². The van der Waals surface area contributed by atoms with Crippen molar-refractivity contribution in [2.45, 2.75) is 12.3 Å². The summed E-state index contributed by atoms with van der Waals surface area (Å²) in [4.78, 5) is 22.0. The number of carboxylic acid groups (broad SMARTS) is 1. The van der Waals surface area contributed by atoms with Gasteiger partial charge in [-0.25, -0.2) is 8.78 Å². The number of nitrogens with zero attached hydrogens (tertiary/aromatic N) is 1. The van der Waals surface area contributed by atoms with E-state index in [-0.39, 0.29) is 10.6 Å². The van der Waals surface area contributed by atoms with Gasteiger partial charge in [-0.15, -0.1) is 0 Å². The number of carbonyl (C=O) groups excluding carboxylic acids is 1. The van der Waals surface area contributed by atoms with Crippen LogP contribution < -0.4 is 4.90 Å². The Hall–Kier alpha value is -2.12. The molecule has 19 heavy (non-hydrogen) atoms. The molecule has 0 fully saturated rings. The molecule has 8 heteroatoms. The first-order valence-corrected chi connectivity index (χ1v) is 5.01. The normalized spacial score (nSPS) is 11.4. The van der Waals surface area contributed by atoms with Crippen molar-refractivity contribution in [3.8, 4) is 0 Å². The molecule has 1 aromatic carbocycles. The maximum atomic E-state index is 13.0. The van der Waals surface area contributed by atoms with E-state index in [1.807, 2.05) is 0 Å². The van der Waals surface area contributed by atoms with Gasteiger partial charge in [0.1, 0.15) is 6.54 Å². The predicted octanol–water partition coefficient (Wildman–Crippen LogP) is 2.00. The number of amides is 1. The Labute approximate surface area is 105 Å². The molecule has 0 radical (unpaired) electrons. The molecule has 1 rings (SSSR count). The van der Waals surface area contributed by atoms with Crippen molar-refractivity contribution in [2.75, 3.05) is 11.4 Å². The van der Waals surface area contributed by atoms with Gasteiger partial charge in [-0.05, 0) is 12.1 Å². The average Bonchev–Trinajstić information content (AvgIpc) is 2.35. The standard InChI is InChI=1S/C11H9F4NO3/c12-9(13)11(14,15)10(19)16(6-8(17)18)7-4-2-1-3-5-7/h1-5,9H,6H2,(H,17,18). The number of rotatable bonds is 5. The van der Waals surface area contributed by atoms with Crippen LogP contribution in [0.25, 0.3) is 0 Å². The second-order valence-corrected chi connectivity index (χ2v) is 3.54. The first-order chi connectivity index (χ1) is 8.76. The van der Waals surface area contributed by atoms with Crippen LogP contribution in [0.5, 0.6) is 0 Å². The second kappa shape index (κ2) is 5.68. The van der Waals surface area contributed by atoms with E-state index >= 15 is 0 Å². The Balaban J connectivity index is 3.12. The highest BCUT2D eigenvalue weighted by Crippen LogP contribution is 2.28. The third-order valence-electron chi connectivity index (χ3n) is 2.17. The number of carboxylic acids is 1. The van der Waals surface area contributed by atoms with Gasteiger partial charge in [0.2, 0.25) is 0 Å². The number of carbonyl (C=O) groups is 2. The number of hydrogen-bond donors (Lipinski definition) is 1. The molecule has 0 bridgehead atoms. The second-order valence-electron chi connectivity index (χ2n) is 3.54. The van der Waals surface area contributed by atoms with Crippen LogP contribution in [0.15, 0.2) is 30.3 Å². The summed E-state index contributed by atoms with van der Waals surface area (Å²) in [7, 11) is 0. The molecule has 1 N–H and O–H groups in total. The van der Waals surface area contributed by atoms with E-state index in [2.05, 4.69) is 0 Å². The Morgan fingerprint density at radius 2 is 1.74 bits per heavy atom. The summed E-state index contributed by atoms with van der Waals surface area (Å²) < 4.78 is 50.2. The molecule has 4 nitrogen and oxygen atoms in total. The summed E-state index contributed by atoms with van der Waals surface area (Å²) in [6.07, 6.45) is -4.21. The van der Waals surface area contributed by atoms with Crippen LogP contribution in [0.2, 0.25) is 0 Å². The zero-order chi connectivity index (χ0) is 14.6. The number of aliphatic carboxylic acids is 1. The fraction of sp³-hybridized carbons (Fsp3) is 0.273. The minimum absolute atomic E-state index is 0.106. The van der Waals surface area contributed by atoms with Crippen molar-refractivity contribution in [3.05, 3.63) is 30.3 Å².